The smallest absolute Gasteiger partial charge is 0.246 e. The van der Waals surface area contributed by atoms with Crippen LogP contribution in [0.15, 0.2) is 4.90 Å². The molecule has 1 aliphatic heterocycles. The van der Waals surface area contributed by atoms with Crippen molar-refractivity contribution < 1.29 is 8.42 Å². The van der Waals surface area contributed by atoms with Gasteiger partial charge in [0.25, 0.3) is 0 Å². The van der Waals surface area contributed by atoms with E-state index in [0.29, 0.717) is 35.3 Å². The SMILES string of the molecule is CNCC1CCN(S(=O)(=O)c2c(C)nn(C)c2C)CC1.Cl. The number of halogens is 1. The van der Waals surface area contributed by atoms with Gasteiger partial charge in [-0.3, -0.25) is 4.68 Å². The van der Waals surface area contributed by atoms with Crippen LogP contribution >= 0.6 is 12.4 Å². The van der Waals surface area contributed by atoms with Crippen molar-refractivity contribution in [2.45, 2.75) is 31.6 Å². The molecule has 1 aromatic heterocycles. The van der Waals surface area contributed by atoms with Crippen molar-refractivity contribution in [3.8, 4) is 0 Å². The monoisotopic (exact) mass is 336 g/mol. The molecule has 1 fully saturated rings. The number of hydrogen-bond donors (Lipinski definition) is 1. The van der Waals surface area contributed by atoms with Crippen LogP contribution in [0.25, 0.3) is 0 Å². The molecule has 1 aromatic rings. The molecular formula is C13H25ClN4O2S. The topological polar surface area (TPSA) is 67.2 Å². The normalized spacial score (nSPS) is 17.7. The zero-order valence-electron chi connectivity index (χ0n) is 13.1. The number of rotatable bonds is 4. The summed E-state index contributed by atoms with van der Waals surface area (Å²) in [5.41, 5.74) is 1.29. The lowest BCUT2D eigenvalue weighted by molar-refractivity contribution is 0.270. The Morgan fingerprint density at radius 2 is 1.86 bits per heavy atom. The van der Waals surface area contributed by atoms with Crippen molar-refractivity contribution in [2.75, 3.05) is 26.7 Å². The average Bonchev–Trinajstić information content (AvgIpc) is 2.64. The van der Waals surface area contributed by atoms with Crippen molar-refractivity contribution in [3.63, 3.8) is 0 Å². The number of sulfonamides is 1. The second-order valence-corrected chi connectivity index (χ2v) is 7.40. The predicted octanol–water partition coefficient (Wildman–Crippen LogP) is 1.08. The van der Waals surface area contributed by atoms with E-state index < -0.39 is 10.0 Å². The van der Waals surface area contributed by atoms with E-state index in [1.54, 1.807) is 29.9 Å². The molecule has 6 nitrogen and oxygen atoms in total. The molecule has 1 N–H and O–H groups in total. The van der Waals surface area contributed by atoms with E-state index in [-0.39, 0.29) is 12.4 Å². The lowest BCUT2D eigenvalue weighted by atomic mass is 9.98. The number of hydrogen-bond acceptors (Lipinski definition) is 4. The zero-order chi connectivity index (χ0) is 14.9. The van der Waals surface area contributed by atoms with Crippen LogP contribution in [0.3, 0.4) is 0 Å². The van der Waals surface area contributed by atoms with Crippen LogP contribution in [0.4, 0.5) is 0 Å². The fourth-order valence-corrected chi connectivity index (χ4v) is 4.77. The Morgan fingerprint density at radius 1 is 1.29 bits per heavy atom. The third kappa shape index (κ3) is 3.59. The summed E-state index contributed by atoms with van der Waals surface area (Å²) in [6.07, 6.45) is 1.83. The maximum Gasteiger partial charge on any atom is 0.246 e. The first-order chi connectivity index (χ1) is 9.37. The van der Waals surface area contributed by atoms with Gasteiger partial charge in [0.2, 0.25) is 10.0 Å². The molecule has 0 aromatic carbocycles. The van der Waals surface area contributed by atoms with Crippen molar-refractivity contribution in [1.82, 2.24) is 19.4 Å². The molecule has 0 radical (unpaired) electrons. The van der Waals surface area contributed by atoms with Gasteiger partial charge in [-0.05, 0) is 46.2 Å². The fraction of sp³-hybridized carbons (Fsp3) is 0.769. The molecule has 0 atom stereocenters. The van der Waals surface area contributed by atoms with Crippen LogP contribution in [-0.4, -0.2) is 49.2 Å². The lowest BCUT2D eigenvalue weighted by Gasteiger charge is -2.31. The molecule has 0 bridgehead atoms. The van der Waals surface area contributed by atoms with Crippen molar-refractivity contribution in [2.24, 2.45) is 13.0 Å². The first kappa shape index (κ1) is 18.4. The highest BCUT2D eigenvalue weighted by atomic mass is 35.5. The van der Waals surface area contributed by atoms with Gasteiger partial charge in [-0.1, -0.05) is 0 Å². The number of nitrogens with zero attached hydrogens (tertiary/aromatic N) is 3. The largest absolute Gasteiger partial charge is 0.319 e. The minimum atomic E-state index is -3.41. The molecule has 0 amide bonds. The molecule has 1 saturated heterocycles. The highest BCUT2D eigenvalue weighted by Gasteiger charge is 2.33. The van der Waals surface area contributed by atoms with E-state index in [2.05, 4.69) is 10.4 Å². The third-order valence-corrected chi connectivity index (χ3v) is 6.26. The van der Waals surface area contributed by atoms with Gasteiger partial charge < -0.3 is 5.32 Å². The van der Waals surface area contributed by atoms with Crippen LogP contribution in [0, 0.1) is 19.8 Å². The van der Waals surface area contributed by atoms with E-state index in [1.165, 1.54) is 0 Å². The first-order valence-electron chi connectivity index (χ1n) is 7.03. The van der Waals surface area contributed by atoms with Crippen LogP contribution in [0.5, 0.6) is 0 Å². The Hall–Kier alpha value is -0.630. The summed E-state index contributed by atoms with van der Waals surface area (Å²) in [6.45, 7) is 5.72. The molecule has 0 spiro atoms. The molecule has 21 heavy (non-hydrogen) atoms. The lowest BCUT2D eigenvalue weighted by Crippen LogP contribution is -2.40. The average molecular weight is 337 g/mol. The second kappa shape index (κ2) is 7.09. The van der Waals surface area contributed by atoms with E-state index in [1.807, 2.05) is 7.05 Å². The molecular weight excluding hydrogens is 312 g/mol. The Labute approximate surface area is 133 Å². The van der Waals surface area contributed by atoms with Gasteiger partial charge in [0.15, 0.2) is 0 Å². The Bertz CT molecular complexity index is 577. The van der Waals surface area contributed by atoms with Gasteiger partial charge in [-0.2, -0.15) is 9.40 Å². The summed E-state index contributed by atoms with van der Waals surface area (Å²) in [5, 5.41) is 7.38. The van der Waals surface area contributed by atoms with E-state index in [0.717, 1.165) is 19.4 Å². The predicted molar refractivity (Wildman–Crippen MR) is 85.3 cm³/mol. The Kier molecular flexibility index (Phi) is 6.22. The standard InChI is InChI=1S/C13H24N4O2S.ClH/c1-10-13(11(2)16(4)15-10)20(18,19)17-7-5-12(6-8-17)9-14-3;/h12,14H,5-9H2,1-4H3;1H. The minimum absolute atomic E-state index is 0. The summed E-state index contributed by atoms with van der Waals surface area (Å²) in [5.74, 6) is 0.572. The molecule has 0 unspecified atom stereocenters. The van der Waals surface area contributed by atoms with E-state index >= 15 is 0 Å². The highest BCUT2D eigenvalue weighted by Crippen LogP contribution is 2.27. The maximum absolute atomic E-state index is 12.8. The second-order valence-electron chi connectivity index (χ2n) is 5.53. The van der Waals surface area contributed by atoms with E-state index in [9.17, 15) is 8.42 Å². The maximum atomic E-state index is 12.8. The van der Waals surface area contributed by atoms with Gasteiger partial charge >= 0.3 is 0 Å². The van der Waals surface area contributed by atoms with Crippen molar-refractivity contribution in [3.05, 3.63) is 11.4 Å². The minimum Gasteiger partial charge on any atom is -0.319 e. The van der Waals surface area contributed by atoms with Crippen molar-refractivity contribution >= 4 is 22.4 Å². The first-order valence-corrected chi connectivity index (χ1v) is 8.47. The molecule has 122 valence electrons. The molecule has 1 aliphatic rings. The van der Waals surface area contributed by atoms with Gasteiger partial charge in [0.1, 0.15) is 4.90 Å². The van der Waals surface area contributed by atoms with Gasteiger partial charge in [0, 0.05) is 20.1 Å². The summed E-state index contributed by atoms with van der Waals surface area (Å²) < 4.78 is 28.8. The van der Waals surface area contributed by atoms with Crippen LogP contribution in [0.1, 0.15) is 24.2 Å². The Balaban J connectivity index is 0.00000220. The van der Waals surface area contributed by atoms with Gasteiger partial charge in [0.05, 0.1) is 11.4 Å². The third-order valence-electron chi connectivity index (χ3n) is 4.11. The summed E-state index contributed by atoms with van der Waals surface area (Å²) in [7, 11) is 0.303. The van der Waals surface area contributed by atoms with E-state index in [4.69, 9.17) is 0 Å². The quantitative estimate of drug-likeness (QED) is 0.893. The highest BCUT2D eigenvalue weighted by molar-refractivity contribution is 7.89. The zero-order valence-corrected chi connectivity index (χ0v) is 14.7. The molecule has 0 saturated carbocycles. The number of aryl methyl sites for hydroxylation is 2. The number of nitrogens with one attached hydrogen (secondary N) is 1. The molecule has 2 rings (SSSR count). The summed E-state index contributed by atoms with van der Waals surface area (Å²) in [4.78, 5) is 0.382. The number of aromatic nitrogens is 2. The van der Waals surface area contributed by atoms with Crippen molar-refractivity contribution in [1.29, 1.82) is 0 Å². The summed E-state index contributed by atoms with van der Waals surface area (Å²) in [6, 6.07) is 0. The fourth-order valence-electron chi connectivity index (χ4n) is 2.90. The molecule has 2 heterocycles. The van der Waals surface area contributed by atoms with Gasteiger partial charge in [-0.25, -0.2) is 8.42 Å². The van der Waals surface area contributed by atoms with Crippen LogP contribution in [-0.2, 0) is 17.1 Å². The van der Waals surface area contributed by atoms with Gasteiger partial charge in [-0.15, -0.1) is 12.4 Å². The number of piperidine rings is 1. The van der Waals surface area contributed by atoms with Crippen LogP contribution in [0.2, 0.25) is 0 Å². The molecule has 0 aliphatic carbocycles. The Morgan fingerprint density at radius 3 is 2.29 bits per heavy atom. The summed E-state index contributed by atoms with van der Waals surface area (Å²) >= 11 is 0. The van der Waals surface area contributed by atoms with Crippen LogP contribution < -0.4 is 5.32 Å². The molecule has 8 heteroatoms.